The predicted octanol–water partition coefficient (Wildman–Crippen LogP) is 3.53. The van der Waals surface area contributed by atoms with Gasteiger partial charge in [-0.2, -0.15) is 0 Å². The van der Waals surface area contributed by atoms with E-state index in [0.29, 0.717) is 6.04 Å². The van der Waals surface area contributed by atoms with Gasteiger partial charge in [0.25, 0.3) is 0 Å². The number of rotatable bonds is 4. The van der Waals surface area contributed by atoms with Crippen LogP contribution in [0, 0.1) is 5.92 Å². The molecule has 1 fully saturated rings. The third-order valence-electron chi connectivity index (χ3n) is 4.31. The number of hydrogen-bond donors (Lipinski definition) is 1. The maximum atomic E-state index is 10.9. The Hall–Kier alpha value is -2.03. The Morgan fingerprint density at radius 2 is 1.90 bits per heavy atom. The molecule has 0 aliphatic heterocycles. The van der Waals surface area contributed by atoms with Crippen LogP contribution in [0.4, 0.5) is 5.69 Å². The molecule has 1 aliphatic rings. The standard InChI is InChI=1S/C17H19NO2/c1-2-18(16-10-14(11-16)17(19)20)15-8-7-12-5-3-4-6-13(12)9-15/h3-9,14,16H,2,10-11H2,1H3,(H,19,20). The molecule has 0 unspecified atom stereocenters. The molecular weight excluding hydrogens is 250 g/mol. The van der Waals surface area contributed by atoms with E-state index in [9.17, 15) is 4.79 Å². The number of carbonyl (C=O) groups is 1. The number of hydrogen-bond acceptors (Lipinski definition) is 2. The van der Waals surface area contributed by atoms with E-state index in [1.54, 1.807) is 0 Å². The Balaban J connectivity index is 1.83. The van der Waals surface area contributed by atoms with Gasteiger partial charge in [-0.25, -0.2) is 0 Å². The Labute approximate surface area is 118 Å². The van der Waals surface area contributed by atoms with Gasteiger partial charge in [-0.3, -0.25) is 4.79 Å². The fraction of sp³-hybridized carbons (Fsp3) is 0.353. The largest absolute Gasteiger partial charge is 0.481 e. The zero-order chi connectivity index (χ0) is 14.1. The lowest BCUT2D eigenvalue weighted by atomic mass is 9.79. The monoisotopic (exact) mass is 269 g/mol. The first kappa shape index (κ1) is 13.0. The summed E-state index contributed by atoms with van der Waals surface area (Å²) in [5, 5.41) is 11.5. The van der Waals surface area contributed by atoms with Crippen molar-refractivity contribution >= 4 is 22.4 Å². The van der Waals surface area contributed by atoms with E-state index in [1.807, 2.05) is 12.1 Å². The van der Waals surface area contributed by atoms with Crippen molar-refractivity contribution in [2.75, 3.05) is 11.4 Å². The molecule has 3 rings (SSSR count). The molecule has 2 aromatic carbocycles. The van der Waals surface area contributed by atoms with E-state index in [2.05, 4.69) is 42.2 Å². The maximum absolute atomic E-state index is 10.9. The maximum Gasteiger partial charge on any atom is 0.306 e. The molecule has 104 valence electrons. The van der Waals surface area contributed by atoms with Gasteiger partial charge in [0.05, 0.1) is 5.92 Å². The number of benzene rings is 2. The lowest BCUT2D eigenvalue weighted by molar-refractivity contribution is -0.145. The van der Waals surface area contributed by atoms with Crippen LogP contribution >= 0.6 is 0 Å². The van der Waals surface area contributed by atoms with Crippen molar-refractivity contribution in [3.05, 3.63) is 42.5 Å². The highest BCUT2D eigenvalue weighted by Gasteiger charge is 2.37. The van der Waals surface area contributed by atoms with E-state index in [-0.39, 0.29) is 5.92 Å². The summed E-state index contributed by atoms with van der Waals surface area (Å²) in [5.74, 6) is -0.815. The van der Waals surface area contributed by atoms with Crippen molar-refractivity contribution in [2.24, 2.45) is 5.92 Å². The Kier molecular flexibility index (Phi) is 3.35. The summed E-state index contributed by atoms with van der Waals surface area (Å²) < 4.78 is 0. The fourth-order valence-electron chi connectivity index (χ4n) is 3.05. The van der Waals surface area contributed by atoms with Gasteiger partial charge >= 0.3 is 5.97 Å². The highest BCUT2D eigenvalue weighted by molar-refractivity contribution is 5.86. The summed E-state index contributed by atoms with van der Waals surface area (Å²) in [5.41, 5.74) is 1.19. The number of anilines is 1. The van der Waals surface area contributed by atoms with Crippen LogP contribution in [0.3, 0.4) is 0 Å². The first-order valence-corrected chi connectivity index (χ1v) is 7.17. The highest BCUT2D eigenvalue weighted by Crippen LogP contribution is 2.35. The first-order valence-electron chi connectivity index (χ1n) is 7.17. The average molecular weight is 269 g/mol. The zero-order valence-corrected chi connectivity index (χ0v) is 11.6. The molecule has 0 radical (unpaired) electrons. The molecule has 0 aromatic heterocycles. The second-order valence-corrected chi connectivity index (χ2v) is 5.48. The second-order valence-electron chi connectivity index (χ2n) is 5.48. The normalized spacial score (nSPS) is 21.4. The lowest BCUT2D eigenvalue weighted by Crippen LogP contribution is -2.47. The highest BCUT2D eigenvalue weighted by atomic mass is 16.4. The van der Waals surface area contributed by atoms with Crippen molar-refractivity contribution in [1.29, 1.82) is 0 Å². The number of nitrogens with zero attached hydrogens (tertiary/aromatic N) is 1. The third-order valence-corrected chi connectivity index (χ3v) is 4.31. The van der Waals surface area contributed by atoms with Crippen LogP contribution in [0.2, 0.25) is 0 Å². The van der Waals surface area contributed by atoms with Crippen LogP contribution in [0.5, 0.6) is 0 Å². The van der Waals surface area contributed by atoms with Crippen molar-refractivity contribution in [1.82, 2.24) is 0 Å². The quantitative estimate of drug-likeness (QED) is 0.923. The molecule has 0 amide bonds. The molecule has 20 heavy (non-hydrogen) atoms. The van der Waals surface area contributed by atoms with Gasteiger partial charge in [-0.05, 0) is 42.7 Å². The molecule has 0 spiro atoms. The van der Waals surface area contributed by atoms with Gasteiger partial charge < -0.3 is 10.0 Å². The van der Waals surface area contributed by atoms with Crippen LogP contribution in [-0.4, -0.2) is 23.7 Å². The summed E-state index contributed by atoms with van der Waals surface area (Å²) in [7, 11) is 0. The minimum Gasteiger partial charge on any atom is -0.481 e. The van der Waals surface area contributed by atoms with E-state index < -0.39 is 5.97 Å². The molecule has 1 N–H and O–H groups in total. The van der Waals surface area contributed by atoms with Crippen molar-refractivity contribution < 1.29 is 9.90 Å². The number of aliphatic carboxylic acids is 1. The van der Waals surface area contributed by atoms with E-state index in [1.165, 1.54) is 16.5 Å². The summed E-state index contributed by atoms with van der Waals surface area (Å²) in [6.07, 6.45) is 1.52. The van der Waals surface area contributed by atoms with Crippen molar-refractivity contribution in [2.45, 2.75) is 25.8 Å². The second kappa shape index (κ2) is 5.16. The smallest absolute Gasteiger partial charge is 0.306 e. The third kappa shape index (κ3) is 2.24. The van der Waals surface area contributed by atoms with Gasteiger partial charge in [-0.1, -0.05) is 30.3 Å². The van der Waals surface area contributed by atoms with Crippen LogP contribution in [0.15, 0.2) is 42.5 Å². The van der Waals surface area contributed by atoms with E-state index in [0.717, 1.165) is 19.4 Å². The molecule has 3 nitrogen and oxygen atoms in total. The van der Waals surface area contributed by atoms with Crippen molar-refractivity contribution in [3.63, 3.8) is 0 Å². The van der Waals surface area contributed by atoms with Crippen molar-refractivity contribution in [3.8, 4) is 0 Å². The molecule has 0 atom stereocenters. The molecule has 0 saturated heterocycles. The minimum atomic E-state index is -0.657. The summed E-state index contributed by atoms with van der Waals surface area (Å²) >= 11 is 0. The topological polar surface area (TPSA) is 40.5 Å². The van der Waals surface area contributed by atoms with Gasteiger partial charge in [0.1, 0.15) is 0 Å². The Morgan fingerprint density at radius 3 is 2.55 bits per heavy atom. The van der Waals surface area contributed by atoms with Crippen LogP contribution < -0.4 is 4.90 Å². The fourth-order valence-corrected chi connectivity index (χ4v) is 3.05. The summed E-state index contributed by atoms with van der Waals surface area (Å²) in [6, 6.07) is 15.2. The Morgan fingerprint density at radius 1 is 1.20 bits per heavy atom. The summed E-state index contributed by atoms with van der Waals surface area (Å²) in [6.45, 7) is 3.04. The lowest BCUT2D eigenvalue weighted by Gasteiger charge is -2.42. The van der Waals surface area contributed by atoms with Gasteiger partial charge in [0.15, 0.2) is 0 Å². The van der Waals surface area contributed by atoms with E-state index in [4.69, 9.17) is 5.11 Å². The predicted molar refractivity (Wildman–Crippen MR) is 81.1 cm³/mol. The molecule has 2 aromatic rings. The number of carboxylic acids is 1. The molecule has 1 saturated carbocycles. The first-order chi connectivity index (χ1) is 9.69. The zero-order valence-electron chi connectivity index (χ0n) is 11.6. The SMILES string of the molecule is CCN(c1ccc2ccccc2c1)C1CC(C(=O)O)C1. The Bertz CT molecular complexity index is 632. The molecule has 3 heteroatoms. The van der Waals surface area contributed by atoms with Gasteiger partial charge in [0, 0.05) is 18.3 Å². The molecule has 1 aliphatic carbocycles. The van der Waals surface area contributed by atoms with E-state index >= 15 is 0 Å². The average Bonchev–Trinajstić information content (AvgIpc) is 2.41. The van der Waals surface area contributed by atoms with Crippen LogP contribution in [-0.2, 0) is 4.79 Å². The molecular formula is C17H19NO2. The van der Waals surface area contributed by atoms with Crippen LogP contribution in [0.25, 0.3) is 10.8 Å². The van der Waals surface area contributed by atoms with Gasteiger partial charge in [0.2, 0.25) is 0 Å². The molecule has 0 bridgehead atoms. The summed E-state index contributed by atoms with van der Waals surface area (Å²) in [4.78, 5) is 13.3. The van der Waals surface area contributed by atoms with Crippen LogP contribution in [0.1, 0.15) is 19.8 Å². The minimum absolute atomic E-state index is 0.158. The number of fused-ring (bicyclic) bond motifs is 1. The molecule has 0 heterocycles. The van der Waals surface area contributed by atoms with Gasteiger partial charge in [-0.15, -0.1) is 0 Å². The number of carboxylic acid groups (broad SMARTS) is 1.